The molecule has 0 aromatic heterocycles. The van der Waals surface area contributed by atoms with E-state index in [2.05, 4.69) is 67.6 Å². The van der Waals surface area contributed by atoms with Gasteiger partial charge >= 0.3 is 13.1 Å². The molecule has 4 aromatic carbocycles. The summed E-state index contributed by atoms with van der Waals surface area (Å²) in [5, 5.41) is 0. The van der Waals surface area contributed by atoms with Crippen molar-refractivity contribution in [2.24, 2.45) is 5.92 Å². The first-order valence-corrected chi connectivity index (χ1v) is 17.9. The summed E-state index contributed by atoms with van der Waals surface area (Å²) in [6.07, 6.45) is 6.95. The molecule has 1 unspecified atom stereocenters. The summed E-state index contributed by atoms with van der Waals surface area (Å²) in [6, 6.07) is 40.6. The molecule has 0 spiro atoms. The number of hydrogen-bond acceptors (Lipinski definition) is 6. The van der Waals surface area contributed by atoms with Crippen molar-refractivity contribution in [1.82, 2.24) is 0 Å². The van der Waals surface area contributed by atoms with E-state index in [9.17, 15) is 4.79 Å². The van der Waals surface area contributed by atoms with Gasteiger partial charge in [0, 0.05) is 20.0 Å². The van der Waals surface area contributed by atoms with Crippen LogP contribution in [0.5, 0.6) is 0 Å². The number of unbranched alkanes of at least 4 members (excludes halogenated alkanes) is 3. The van der Waals surface area contributed by atoms with Crippen LogP contribution in [0.25, 0.3) is 0 Å². The summed E-state index contributed by atoms with van der Waals surface area (Å²) < 4.78 is 33.7. The lowest BCUT2D eigenvalue weighted by Crippen LogP contribution is -2.56. The van der Waals surface area contributed by atoms with E-state index in [1.165, 1.54) is 0 Å². The van der Waals surface area contributed by atoms with Crippen molar-refractivity contribution < 1.29 is 28.3 Å². The Morgan fingerprint density at radius 2 is 1.10 bits per heavy atom. The Kier molecular flexibility index (Phi) is 13.2. The molecular formula is C43H51BO6. The average molecular weight is 675 g/mol. The molecule has 0 N–H and O–H groups in total. The van der Waals surface area contributed by atoms with E-state index in [0.717, 1.165) is 47.9 Å². The molecule has 1 aliphatic rings. The van der Waals surface area contributed by atoms with E-state index in [1.807, 2.05) is 86.6 Å². The first-order valence-electron chi connectivity index (χ1n) is 17.9. The maximum Gasteiger partial charge on any atom is 0.465 e. The largest absolute Gasteiger partial charge is 0.466 e. The molecule has 262 valence electrons. The lowest BCUT2D eigenvalue weighted by molar-refractivity contribution is -0.147. The van der Waals surface area contributed by atoms with Crippen molar-refractivity contribution >= 4 is 13.1 Å². The van der Waals surface area contributed by atoms with Crippen LogP contribution in [0.4, 0.5) is 0 Å². The number of hydrogen-bond donors (Lipinski definition) is 0. The van der Waals surface area contributed by atoms with Gasteiger partial charge in [-0.1, -0.05) is 160 Å². The van der Waals surface area contributed by atoms with Gasteiger partial charge in [-0.3, -0.25) is 4.79 Å². The average Bonchev–Trinajstić information content (AvgIpc) is 3.61. The van der Waals surface area contributed by atoms with Gasteiger partial charge < -0.3 is 23.5 Å². The highest BCUT2D eigenvalue weighted by Crippen LogP contribution is 2.52. The van der Waals surface area contributed by atoms with Crippen molar-refractivity contribution in [3.63, 3.8) is 0 Å². The Balaban J connectivity index is 1.77. The summed E-state index contributed by atoms with van der Waals surface area (Å²) >= 11 is 0. The second-order valence-corrected chi connectivity index (χ2v) is 12.9. The van der Waals surface area contributed by atoms with E-state index >= 15 is 0 Å². The summed E-state index contributed by atoms with van der Waals surface area (Å²) in [6.45, 7) is 6.20. The first-order chi connectivity index (χ1) is 24.5. The Labute approximate surface area is 298 Å². The minimum absolute atomic E-state index is 0.289. The fourth-order valence-corrected chi connectivity index (χ4v) is 7.39. The lowest BCUT2D eigenvalue weighted by Gasteiger charge is -2.47. The van der Waals surface area contributed by atoms with E-state index in [0.29, 0.717) is 0 Å². The highest BCUT2D eigenvalue weighted by atomic mass is 16.7. The van der Waals surface area contributed by atoms with E-state index in [1.54, 1.807) is 14.2 Å². The Morgan fingerprint density at radius 3 is 1.44 bits per heavy atom. The van der Waals surface area contributed by atoms with Crippen LogP contribution >= 0.6 is 0 Å². The second kappa shape index (κ2) is 17.8. The predicted octanol–water partition coefficient (Wildman–Crippen LogP) is 9.14. The number of carbonyl (C=O) groups is 1. The molecule has 6 nitrogen and oxygen atoms in total. The Hall–Kier alpha value is -4.01. The summed E-state index contributed by atoms with van der Waals surface area (Å²) in [4.78, 5) is 13.4. The zero-order chi connectivity index (χ0) is 35.4. The Bertz CT molecular complexity index is 1440. The van der Waals surface area contributed by atoms with Crippen molar-refractivity contribution in [1.29, 1.82) is 0 Å². The molecule has 0 saturated carbocycles. The summed E-state index contributed by atoms with van der Waals surface area (Å²) in [5.74, 6) is -1.29. The van der Waals surface area contributed by atoms with Gasteiger partial charge in [0.05, 0.1) is 12.5 Å². The minimum Gasteiger partial charge on any atom is -0.466 e. The highest BCUT2D eigenvalue weighted by Gasteiger charge is 2.63. The van der Waals surface area contributed by atoms with Gasteiger partial charge in [0.2, 0.25) is 0 Å². The van der Waals surface area contributed by atoms with Crippen LogP contribution in [0.1, 0.15) is 68.7 Å². The van der Waals surface area contributed by atoms with Crippen molar-refractivity contribution in [2.75, 3.05) is 20.8 Å². The number of rotatable bonds is 17. The third kappa shape index (κ3) is 7.52. The monoisotopic (exact) mass is 674 g/mol. The number of carbonyl (C=O) groups excluding carboxylic acids is 1. The molecule has 4 atom stereocenters. The molecule has 7 heteroatoms. The van der Waals surface area contributed by atoms with Gasteiger partial charge in [0.25, 0.3) is 0 Å². The van der Waals surface area contributed by atoms with Crippen molar-refractivity contribution in [3.8, 4) is 0 Å². The fourth-order valence-electron chi connectivity index (χ4n) is 7.39. The Morgan fingerprint density at radius 1 is 0.700 bits per heavy atom. The smallest absolute Gasteiger partial charge is 0.465 e. The van der Waals surface area contributed by atoms with Gasteiger partial charge in [-0.05, 0) is 42.0 Å². The number of ether oxygens (including phenoxy) is 3. The van der Waals surface area contributed by atoms with Crippen LogP contribution in [-0.4, -0.2) is 46.1 Å². The molecule has 1 heterocycles. The van der Waals surface area contributed by atoms with E-state index in [4.69, 9.17) is 23.5 Å². The quantitative estimate of drug-likeness (QED) is 0.0482. The number of esters is 1. The molecule has 5 rings (SSSR count). The first kappa shape index (κ1) is 37.3. The molecule has 1 saturated heterocycles. The molecule has 1 fully saturated rings. The van der Waals surface area contributed by atoms with Gasteiger partial charge in [0.1, 0.15) is 23.4 Å². The van der Waals surface area contributed by atoms with Crippen LogP contribution in [0.2, 0.25) is 5.82 Å². The van der Waals surface area contributed by atoms with Gasteiger partial charge in [-0.2, -0.15) is 0 Å². The number of methoxy groups -OCH3 is 2. The van der Waals surface area contributed by atoms with Crippen LogP contribution in [0.3, 0.4) is 0 Å². The topological polar surface area (TPSA) is 63.2 Å². The molecule has 1 aliphatic heterocycles. The highest BCUT2D eigenvalue weighted by molar-refractivity contribution is 6.48. The normalized spacial score (nSPS) is 17.9. The lowest BCUT2D eigenvalue weighted by atomic mass is 9.65. The SMILES string of the molecule is CCCCC/C=C/[C@@H](B1O[C@@H](C(OC)(c2ccccc2)c2ccccc2)[C@H](C(OC)(c2ccccc2)c2ccccc2)O1)C(C)C(=O)OCC. The van der Waals surface area contributed by atoms with Crippen LogP contribution in [0.15, 0.2) is 133 Å². The standard InChI is InChI=1S/C43H51BO6/c1-6-8-9-10-23-32-38(33(3)41(45)48-7-2)44-49-39(42(46-4,34-24-15-11-16-25-34)35-26-17-12-18-27-35)40(50-44)43(47-5,36-28-19-13-20-29-36)37-30-21-14-22-31-37/h11-33,38-40H,6-10H2,1-5H3/b32-23+/t33?,38-,39-,40-/m1/s1. The second-order valence-electron chi connectivity index (χ2n) is 12.9. The molecule has 0 radical (unpaired) electrons. The van der Waals surface area contributed by atoms with Crippen LogP contribution in [-0.2, 0) is 39.5 Å². The molecule has 0 amide bonds. The van der Waals surface area contributed by atoms with Gasteiger partial charge in [-0.15, -0.1) is 0 Å². The third-order valence-electron chi connectivity index (χ3n) is 9.97. The van der Waals surface area contributed by atoms with Crippen LogP contribution in [0, 0.1) is 5.92 Å². The van der Waals surface area contributed by atoms with Crippen LogP contribution < -0.4 is 0 Å². The minimum atomic E-state index is -1.14. The molecule has 50 heavy (non-hydrogen) atoms. The zero-order valence-electron chi connectivity index (χ0n) is 30.1. The zero-order valence-corrected chi connectivity index (χ0v) is 30.1. The van der Waals surface area contributed by atoms with E-state index in [-0.39, 0.29) is 12.6 Å². The van der Waals surface area contributed by atoms with E-state index < -0.39 is 42.3 Å². The predicted molar refractivity (Wildman–Crippen MR) is 200 cm³/mol. The molecular weight excluding hydrogens is 623 g/mol. The van der Waals surface area contributed by atoms with Crippen molar-refractivity contribution in [2.45, 2.75) is 75.7 Å². The summed E-state index contributed by atoms with van der Waals surface area (Å²) in [7, 11) is 2.61. The molecule has 0 bridgehead atoms. The number of benzene rings is 4. The number of allylic oxidation sites excluding steroid dienone is 2. The maximum atomic E-state index is 13.4. The fraction of sp³-hybridized carbons (Fsp3) is 0.372. The maximum absolute atomic E-state index is 13.4. The van der Waals surface area contributed by atoms with Gasteiger partial charge in [0.15, 0.2) is 0 Å². The summed E-state index contributed by atoms with van der Waals surface area (Å²) in [5.41, 5.74) is 1.34. The van der Waals surface area contributed by atoms with Gasteiger partial charge in [-0.25, -0.2) is 0 Å². The molecule has 4 aromatic rings. The van der Waals surface area contributed by atoms with Crippen molar-refractivity contribution in [3.05, 3.63) is 156 Å². The third-order valence-corrected chi connectivity index (χ3v) is 9.97. The molecule has 0 aliphatic carbocycles.